The van der Waals surface area contributed by atoms with Crippen LogP contribution in [0.25, 0.3) is 0 Å². The van der Waals surface area contributed by atoms with Crippen LogP contribution in [0.15, 0.2) is 12.1 Å². The van der Waals surface area contributed by atoms with Crippen LogP contribution in [0.2, 0.25) is 0 Å². The van der Waals surface area contributed by atoms with Crippen LogP contribution < -0.4 is 4.74 Å². The van der Waals surface area contributed by atoms with Gasteiger partial charge in [-0.15, -0.1) is 0 Å². The Kier molecular flexibility index (Phi) is 6.74. The molecule has 0 saturated heterocycles. The van der Waals surface area contributed by atoms with E-state index in [0.29, 0.717) is 30.6 Å². The summed E-state index contributed by atoms with van der Waals surface area (Å²) in [5.41, 5.74) is 0.533. The number of aryl methyl sites for hydroxylation is 1. The Bertz CT molecular complexity index is 695. The third kappa shape index (κ3) is 4.82. The number of phenols is 1. The fourth-order valence-corrected chi connectivity index (χ4v) is 2.99. The van der Waals surface area contributed by atoms with Crippen LogP contribution in [-0.4, -0.2) is 47.1 Å². The molecule has 0 aliphatic carbocycles. The van der Waals surface area contributed by atoms with Gasteiger partial charge in [0, 0.05) is 12.5 Å². The van der Waals surface area contributed by atoms with Crippen LogP contribution >= 0.6 is 0 Å². The van der Waals surface area contributed by atoms with E-state index in [2.05, 4.69) is 0 Å². The van der Waals surface area contributed by atoms with Crippen LogP contribution in [0.4, 0.5) is 0 Å². The number of esters is 1. The summed E-state index contributed by atoms with van der Waals surface area (Å²) >= 11 is 0. The normalized spacial score (nSPS) is 23.0. The molecule has 1 aliphatic rings. The maximum atomic E-state index is 12.5. The second kappa shape index (κ2) is 8.80. The van der Waals surface area contributed by atoms with Gasteiger partial charge >= 0.3 is 5.97 Å². The molecule has 2 rings (SSSR count). The molecular formula is C19H24O7. The number of Topliss-reactive ketones (excluding diaryl/α,β-unsaturated/α-hetero) is 2. The van der Waals surface area contributed by atoms with Crippen molar-refractivity contribution in [1.29, 1.82) is 0 Å². The number of phenolic OH excluding ortho intramolecular Hbond substituents is 1. The summed E-state index contributed by atoms with van der Waals surface area (Å²) in [6.07, 6.45) is -0.252. The highest BCUT2D eigenvalue weighted by Crippen LogP contribution is 2.30. The molecule has 7 nitrogen and oxygen atoms in total. The van der Waals surface area contributed by atoms with Gasteiger partial charge in [-0.05, 0) is 50.7 Å². The van der Waals surface area contributed by atoms with Crippen molar-refractivity contribution in [3.8, 4) is 11.5 Å². The van der Waals surface area contributed by atoms with Crippen LogP contribution in [0, 0.1) is 0 Å². The predicted molar refractivity (Wildman–Crippen MR) is 92.3 cm³/mol. The van der Waals surface area contributed by atoms with Crippen molar-refractivity contribution < 1.29 is 34.1 Å². The van der Waals surface area contributed by atoms with Crippen LogP contribution in [-0.2, 0) is 20.7 Å². The van der Waals surface area contributed by atoms with Crippen molar-refractivity contribution in [2.75, 3.05) is 7.11 Å². The van der Waals surface area contributed by atoms with Crippen molar-refractivity contribution >= 4 is 17.5 Å². The topological polar surface area (TPSA) is 110 Å². The molecule has 0 amide bonds. The van der Waals surface area contributed by atoms with Gasteiger partial charge in [0.05, 0.1) is 13.2 Å². The zero-order chi connectivity index (χ0) is 19.3. The number of hydrogen-bond acceptors (Lipinski definition) is 7. The number of carbonyl (C=O) groups excluding carboxylic acids is 3. The third-order valence-corrected chi connectivity index (χ3v) is 4.44. The van der Waals surface area contributed by atoms with E-state index in [-0.39, 0.29) is 30.6 Å². The summed E-state index contributed by atoms with van der Waals surface area (Å²) in [6, 6.07) is 2.94. The first-order valence-electron chi connectivity index (χ1n) is 8.69. The Hall–Kier alpha value is -2.41. The number of aliphatic hydroxyl groups is 1. The molecule has 1 aromatic rings. The van der Waals surface area contributed by atoms with Gasteiger partial charge in [-0.1, -0.05) is 0 Å². The number of aliphatic hydroxyl groups excluding tert-OH is 1. The van der Waals surface area contributed by atoms with Crippen molar-refractivity contribution in [3.63, 3.8) is 0 Å². The zero-order valence-electron chi connectivity index (χ0n) is 15.0. The van der Waals surface area contributed by atoms with Gasteiger partial charge in [0.25, 0.3) is 0 Å². The minimum absolute atomic E-state index is 0.0429. The molecular weight excluding hydrogens is 340 g/mol. The Morgan fingerprint density at radius 3 is 2.54 bits per heavy atom. The number of fused-ring (bicyclic) bond motifs is 1. The van der Waals surface area contributed by atoms with Gasteiger partial charge < -0.3 is 19.7 Å². The van der Waals surface area contributed by atoms with Gasteiger partial charge in [0.1, 0.15) is 23.2 Å². The highest BCUT2D eigenvalue weighted by atomic mass is 16.5. The molecule has 0 bridgehead atoms. The first-order valence-corrected chi connectivity index (χ1v) is 8.69. The SMILES string of the molecule is COc1cc(O)c2c(c1)CCCC(=O)C(=O)C(O)CCCC(C)OC2=O. The molecule has 142 valence electrons. The Labute approximate surface area is 151 Å². The number of methoxy groups -OCH3 is 1. The largest absolute Gasteiger partial charge is 0.507 e. The van der Waals surface area contributed by atoms with Crippen molar-refractivity contribution in [1.82, 2.24) is 0 Å². The smallest absolute Gasteiger partial charge is 0.342 e. The molecule has 1 aromatic carbocycles. The molecule has 0 fully saturated rings. The van der Waals surface area contributed by atoms with E-state index >= 15 is 0 Å². The van der Waals surface area contributed by atoms with E-state index in [9.17, 15) is 24.6 Å². The van der Waals surface area contributed by atoms with Gasteiger partial charge in [-0.25, -0.2) is 4.79 Å². The second-order valence-electron chi connectivity index (χ2n) is 6.48. The average molecular weight is 364 g/mol. The monoisotopic (exact) mass is 364 g/mol. The second-order valence-corrected chi connectivity index (χ2v) is 6.48. The molecule has 2 N–H and O–H groups in total. The number of ether oxygens (including phenoxy) is 2. The molecule has 2 unspecified atom stereocenters. The zero-order valence-corrected chi connectivity index (χ0v) is 15.0. The van der Waals surface area contributed by atoms with Gasteiger partial charge in [-0.2, -0.15) is 0 Å². The summed E-state index contributed by atoms with van der Waals surface area (Å²) < 4.78 is 10.5. The molecule has 0 saturated carbocycles. The molecule has 0 radical (unpaired) electrons. The van der Waals surface area contributed by atoms with Gasteiger partial charge in [0.2, 0.25) is 11.6 Å². The summed E-state index contributed by atoms with van der Waals surface area (Å²) in [7, 11) is 1.44. The highest BCUT2D eigenvalue weighted by Gasteiger charge is 2.25. The Morgan fingerprint density at radius 2 is 1.85 bits per heavy atom. The lowest BCUT2D eigenvalue weighted by molar-refractivity contribution is -0.141. The molecule has 2 atom stereocenters. The average Bonchev–Trinajstić information content (AvgIpc) is 2.59. The van der Waals surface area contributed by atoms with E-state index in [1.165, 1.54) is 13.2 Å². The van der Waals surface area contributed by atoms with Crippen LogP contribution in [0.5, 0.6) is 11.5 Å². The minimum Gasteiger partial charge on any atom is -0.507 e. The summed E-state index contributed by atoms with van der Waals surface area (Å²) in [5.74, 6) is -1.92. The van der Waals surface area contributed by atoms with Crippen LogP contribution in [0.1, 0.15) is 54.9 Å². The molecule has 1 aliphatic heterocycles. The Morgan fingerprint density at radius 1 is 1.12 bits per heavy atom. The number of cyclic esters (lactones) is 1. The fraction of sp³-hybridized carbons (Fsp3) is 0.526. The summed E-state index contributed by atoms with van der Waals surface area (Å²) in [6.45, 7) is 1.70. The Balaban J connectivity index is 2.33. The molecule has 0 aromatic heterocycles. The molecule has 0 spiro atoms. The number of carbonyl (C=O) groups is 3. The van der Waals surface area contributed by atoms with Crippen LogP contribution in [0.3, 0.4) is 0 Å². The third-order valence-electron chi connectivity index (χ3n) is 4.44. The first-order chi connectivity index (χ1) is 12.3. The van der Waals surface area contributed by atoms with Crippen molar-refractivity contribution in [2.24, 2.45) is 0 Å². The molecule has 7 heteroatoms. The lowest BCUT2D eigenvalue weighted by Crippen LogP contribution is -2.29. The van der Waals surface area contributed by atoms with E-state index in [1.54, 1.807) is 13.0 Å². The van der Waals surface area contributed by atoms with Crippen molar-refractivity contribution in [2.45, 2.75) is 57.7 Å². The predicted octanol–water partition coefficient (Wildman–Crippen LogP) is 1.95. The van der Waals surface area contributed by atoms with Gasteiger partial charge in [-0.3, -0.25) is 9.59 Å². The standard InChI is InChI=1S/C19H24O7/c1-11-5-3-7-14(20)18(23)15(21)8-4-6-12-9-13(25-2)10-16(22)17(12)19(24)26-11/h9-11,14,20,22H,3-8H2,1-2H3. The number of ketones is 2. The van der Waals surface area contributed by atoms with E-state index in [0.717, 1.165) is 0 Å². The van der Waals surface area contributed by atoms with Gasteiger partial charge in [0.15, 0.2) is 0 Å². The van der Waals surface area contributed by atoms with E-state index in [1.807, 2.05) is 0 Å². The highest BCUT2D eigenvalue weighted by molar-refractivity contribution is 6.38. The van der Waals surface area contributed by atoms with E-state index in [4.69, 9.17) is 9.47 Å². The van der Waals surface area contributed by atoms with E-state index < -0.39 is 29.7 Å². The molecule has 1 heterocycles. The number of hydrogen-bond donors (Lipinski definition) is 2. The number of aromatic hydroxyl groups is 1. The fourth-order valence-electron chi connectivity index (χ4n) is 2.99. The minimum atomic E-state index is -1.32. The maximum absolute atomic E-state index is 12.5. The van der Waals surface area contributed by atoms with Crippen molar-refractivity contribution in [3.05, 3.63) is 23.3 Å². The quantitative estimate of drug-likeness (QED) is 0.579. The lowest BCUT2D eigenvalue weighted by Gasteiger charge is -2.18. The molecule has 26 heavy (non-hydrogen) atoms. The summed E-state index contributed by atoms with van der Waals surface area (Å²) in [4.78, 5) is 36.3. The number of benzene rings is 1. The number of rotatable bonds is 1. The first kappa shape index (κ1) is 19.9. The maximum Gasteiger partial charge on any atom is 0.342 e. The summed E-state index contributed by atoms with van der Waals surface area (Å²) in [5, 5.41) is 20.1. The lowest BCUT2D eigenvalue weighted by atomic mass is 9.96.